The Morgan fingerprint density at radius 3 is 2.41 bits per heavy atom. The summed E-state index contributed by atoms with van der Waals surface area (Å²) in [4.78, 5) is 51.2. The number of rotatable bonds is 13. The molecule has 1 aromatic carbocycles. The second kappa shape index (κ2) is 14.6. The molecule has 206 valence electrons. The van der Waals surface area contributed by atoms with Crippen molar-refractivity contribution < 1.29 is 33.8 Å². The summed E-state index contributed by atoms with van der Waals surface area (Å²) < 4.78 is 10.1. The summed E-state index contributed by atoms with van der Waals surface area (Å²) >= 11 is 0. The van der Waals surface area contributed by atoms with Gasteiger partial charge in [0.05, 0.1) is 13.2 Å². The Balaban J connectivity index is 2.04. The molecule has 3 atom stereocenters. The van der Waals surface area contributed by atoms with E-state index in [4.69, 9.17) is 9.47 Å². The fraction of sp³-hybridized carbons (Fsp3) is 0.630. The van der Waals surface area contributed by atoms with E-state index in [2.05, 4.69) is 10.6 Å². The molecule has 0 radical (unpaired) electrons. The number of hydrogen-bond donors (Lipinski definition) is 3. The topological polar surface area (TPSA) is 134 Å². The van der Waals surface area contributed by atoms with Gasteiger partial charge < -0.3 is 24.8 Å². The number of hydrogen-bond acceptors (Lipinski definition) is 7. The highest BCUT2D eigenvalue weighted by Gasteiger charge is 2.38. The largest absolute Gasteiger partial charge is 0.480 e. The van der Waals surface area contributed by atoms with Crippen LogP contribution in [0.15, 0.2) is 30.3 Å². The number of esters is 1. The third-order valence-electron chi connectivity index (χ3n) is 6.16. The van der Waals surface area contributed by atoms with E-state index in [9.17, 15) is 24.3 Å². The highest BCUT2D eigenvalue weighted by Crippen LogP contribution is 2.21. The zero-order chi connectivity index (χ0) is 27.4. The van der Waals surface area contributed by atoms with Crippen LogP contribution in [0.4, 0.5) is 4.79 Å². The van der Waals surface area contributed by atoms with E-state index in [0.29, 0.717) is 58.0 Å². The molecular formula is C27H41N3O7. The maximum Gasteiger partial charge on any atom is 0.407 e. The van der Waals surface area contributed by atoms with E-state index in [1.807, 2.05) is 30.3 Å². The normalized spacial score (nSPS) is 17.1. The van der Waals surface area contributed by atoms with Gasteiger partial charge in [-0.25, -0.2) is 9.59 Å². The van der Waals surface area contributed by atoms with Crippen molar-refractivity contribution in [2.45, 2.75) is 89.4 Å². The third-order valence-corrected chi connectivity index (χ3v) is 6.16. The molecule has 1 fully saturated rings. The number of aliphatic carboxylic acids is 1. The van der Waals surface area contributed by atoms with Crippen molar-refractivity contribution in [3.63, 3.8) is 0 Å². The molecule has 1 aliphatic heterocycles. The van der Waals surface area contributed by atoms with Gasteiger partial charge in [-0.2, -0.15) is 0 Å². The molecule has 37 heavy (non-hydrogen) atoms. The smallest absolute Gasteiger partial charge is 0.407 e. The Morgan fingerprint density at radius 1 is 1.08 bits per heavy atom. The Bertz CT molecular complexity index is 901. The second-order valence-corrected chi connectivity index (χ2v) is 10.3. The zero-order valence-corrected chi connectivity index (χ0v) is 22.3. The van der Waals surface area contributed by atoms with Crippen molar-refractivity contribution >= 4 is 23.9 Å². The Kier molecular flexibility index (Phi) is 11.8. The van der Waals surface area contributed by atoms with Crippen LogP contribution in [0.25, 0.3) is 0 Å². The molecule has 3 N–H and O–H groups in total. The minimum absolute atomic E-state index is 0.307. The van der Waals surface area contributed by atoms with Crippen LogP contribution < -0.4 is 10.6 Å². The van der Waals surface area contributed by atoms with Gasteiger partial charge >= 0.3 is 18.0 Å². The number of methoxy groups -OCH3 is 1. The molecule has 0 saturated carbocycles. The molecule has 3 unspecified atom stereocenters. The van der Waals surface area contributed by atoms with Gasteiger partial charge in [-0.15, -0.1) is 0 Å². The van der Waals surface area contributed by atoms with Gasteiger partial charge in [0.1, 0.15) is 17.7 Å². The molecule has 2 amide bonds. The maximum absolute atomic E-state index is 13.5. The lowest BCUT2D eigenvalue weighted by Gasteiger charge is -2.30. The van der Waals surface area contributed by atoms with Crippen LogP contribution in [-0.2, 0) is 30.3 Å². The Labute approximate surface area is 219 Å². The Morgan fingerprint density at radius 2 is 1.78 bits per heavy atom. The molecule has 0 aromatic heterocycles. The first-order chi connectivity index (χ1) is 17.5. The molecule has 0 bridgehead atoms. The van der Waals surface area contributed by atoms with Gasteiger partial charge in [-0.3, -0.25) is 14.9 Å². The van der Waals surface area contributed by atoms with Crippen LogP contribution >= 0.6 is 0 Å². The molecule has 1 aromatic rings. The van der Waals surface area contributed by atoms with E-state index in [1.54, 1.807) is 20.8 Å². The molecule has 0 aliphatic carbocycles. The lowest BCUT2D eigenvalue weighted by Crippen LogP contribution is -2.54. The molecular weight excluding hydrogens is 478 g/mol. The van der Waals surface area contributed by atoms with E-state index in [1.165, 1.54) is 12.0 Å². The average Bonchev–Trinajstić information content (AvgIpc) is 3.33. The first kappa shape index (κ1) is 30.1. The number of nitrogens with zero attached hydrogens (tertiary/aromatic N) is 1. The van der Waals surface area contributed by atoms with Gasteiger partial charge in [0.15, 0.2) is 0 Å². The van der Waals surface area contributed by atoms with Gasteiger partial charge in [-0.05, 0) is 71.3 Å². The molecule has 2 rings (SSSR count). The monoisotopic (exact) mass is 519 g/mol. The summed E-state index contributed by atoms with van der Waals surface area (Å²) in [6.45, 7) is 6.13. The zero-order valence-electron chi connectivity index (χ0n) is 22.3. The predicted octanol–water partition coefficient (Wildman–Crippen LogP) is 2.89. The molecule has 1 saturated heterocycles. The third kappa shape index (κ3) is 10.4. The van der Waals surface area contributed by atoms with E-state index in [0.717, 1.165) is 5.56 Å². The van der Waals surface area contributed by atoms with Crippen molar-refractivity contribution in [1.29, 1.82) is 0 Å². The lowest BCUT2D eigenvalue weighted by molar-refractivity contribution is -0.152. The number of nitrogens with one attached hydrogen (secondary N) is 2. The van der Waals surface area contributed by atoms with E-state index >= 15 is 0 Å². The van der Waals surface area contributed by atoms with E-state index in [-0.39, 0.29) is 5.91 Å². The number of likely N-dealkylation sites (tertiary alicyclic amines) is 1. The summed E-state index contributed by atoms with van der Waals surface area (Å²) in [5, 5.41) is 15.6. The number of carboxylic acids is 1. The maximum atomic E-state index is 13.5. The SMILES string of the molecule is COC(=O)C1CCCN1C(=O)C(CCCCNC(=O)OC(C)(C)C)NC(CCc1ccccc1)C(=O)O. The van der Waals surface area contributed by atoms with Crippen LogP contribution in [0.1, 0.15) is 64.9 Å². The number of aryl methyl sites for hydroxylation is 1. The van der Waals surface area contributed by atoms with Crippen LogP contribution in [-0.4, -0.2) is 77.9 Å². The Hall–Kier alpha value is -3.14. The van der Waals surface area contributed by atoms with Crippen LogP contribution in [0.3, 0.4) is 0 Å². The van der Waals surface area contributed by atoms with Crippen molar-refractivity contribution in [1.82, 2.24) is 15.5 Å². The number of alkyl carbamates (subject to hydrolysis) is 1. The highest BCUT2D eigenvalue weighted by atomic mass is 16.6. The standard InChI is InChI=1S/C27H41N3O7/c1-27(2,3)37-26(35)28-17-9-8-13-20(23(31)30-18-10-14-22(30)25(34)36-4)29-21(24(32)33)16-15-19-11-6-5-7-12-19/h5-7,11-12,20-22,29H,8-10,13-18H2,1-4H3,(H,28,35)(H,32,33). The van der Waals surface area contributed by atoms with E-state index < -0.39 is 41.8 Å². The fourth-order valence-electron chi connectivity index (χ4n) is 4.34. The predicted molar refractivity (Wildman–Crippen MR) is 138 cm³/mol. The fourth-order valence-corrected chi connectivity index (χ4v) is 4.34. The summed E-state index contributed by atoms with van der Waals surface area (Å²) in [6.07, 6.45) is 3.02. The van der Waals surface area contributed by atoms with Crippen LogP contribution in [0.5, 0.6) is 0 Å². The number of carbonyl (C=O) groups is 4. The second-order valence-electron chi connectivity index (χ2n) is 10.3. The van der Waals surface area contributed by atoms with Crippen LogP contribution in [0, 0.1) is 0 Å². The summed E-state index contributed by atoms with van der Waals surface area (Å²) in [5.41, 5.74) is 0.417. The molecule has 10 nitrogen and oxygen atoms in total. The number of ether oxygens (including phenoxy) is 2. The minimum atomic E-state index is -1.04. The number of benzene rings is 1. The molecule has 10 heteroatoms. The van der Waals surface area contributed by atoms with Gasteiger partial charge in [0.25, 0.3) is 0 Å². The number of amides is 2. The first-order valence-corrected chi connectivity index (χ1v) is 12.9. The first-order valence-electron chi connectivity index (χ1n) is 12.9. The molecule has 1 heterocycles. The lowest BCUT2D eigenvalue weighted by atomic mass is 10.0. The summed E-state index contributed by atoms with van der Waals surface area (Å²) in [5.74, 6) is -1.81. The van der Waals surface area contributed by atoms with Crippen molar-refractivity contribution in [2.75, 3.05) is 20.2 Å². The van der Waals surface area contributed by atoms with Gasteiger partial charge in [0.2, 0.25) is 5.91 Å². The minimum Gasteiger partial charge on any atom is -0.480 e. The number of carboxylic acid groups (broad SMARTS) is 1. The van der Waals surface area contributed by atoms with Crippen molar-refractivity contribution in [2.24, 2.45) is 0 Å². The summed E-state index contributed by atoms with van der Waals surface area (Å²) in [7, 11) is 1.29. The molecule has 1 aliphatic rings. The number of unbranched alkanes of at least 4 members (excludes halogenated alkanes) is 1. The average molecular weight is 520 g/mol. The molecule has 0 spiro atoms. The van der Waals surface area contributed by atoms with Gasteiger partial charge in [-0.1, -0.05) is 30.3 Å². The van der Waals surface area contributed by atoms with Crippen molar-refractivity contribution in [3.05, 3.63) is 35.9 Å². The van der Waals surface area contributed by atoms with Gasteiger partial charge in [0, 0.05) is 13.1 Å². The quantitative estimate of drug-likeness (QED) is 0.268. The van der Waals surface area contributed by atoms with Crippen LogP contribution in [0.2, 0.25) is 0 Å². The summed E-state index contributed by atoms with van der Waals surface area (Å²) in [6, 6.07) is 7.18. The highest BCUT2D eigenvalue weighted by molar-refractivity contribution is 5.88. The number of carbonyl (C=O) groups excluding carboxylic acids is 3. The van der Waals surface area contributed by atoms with Crippen molar-refractivity contribution in [3.8, 4) is 0 Å².